The minimum atomic E-state index is -0.247. The zero-order valence-corrected chi connectivity index (χ0v) is 17.5. The van der Waals surface area contributed by atoms with E-state index in [-0.39, 0.29) is 18.2 Å². The highest BCUT2D eigenvalue weighted by molar-refractivity contribution is 6.06. The molecule has 1 aliphatic rings. The Hall–Kier alpha value is -3.67. The number of benzene rings is 2. The number of amides is 2. The van der Waals surface area contributed by atoms with Gasteiger partial charge in [0.1, 0.15) is 5.76 Å². The molecule has 0 spiro atoms. The van der Waals surface area contributed by atoms with E-state index in [1.54, 1.807) is 0 Å². The van der Waals surface area contributed by atoms with Crippen molar-refractivity contribution in [2.24, 2.45) is 5.10 Å². The van der Waals surface area contributed by atoms with Gasteiger partial charge in [0.2, 0.25) is 5.91 Å². The summed E-state index contributed by atoms with van der Waals surface area (Å²) in [7, 11) is 0. The van der Waals surface area contributed by atoms with Gasteiger partial charge in [-0.15, -0.1) is 0 Å². The molecule has 0 aliphatic heterocycles. The molecular weight excluding hydrogens is 390 g/mol. The van der Waals surface area contributed by atoms with Gasteiger partial charge in [-0.3, -0.25) is 9.59 Å². The zero-order valence-electron chi connectivity index (χ0n) is 17.5. The van der Waals surface area contributed by atoms with Crippen LogP contribution in [-0.4, -0.2) is 17.5 Å². The normalized spacial score (nSPS) is 14.2. The summed E-state index contributed by atoms with van der Waals surface area (Å²) in [5.74, 6) is 0.645. The molecule has 0 bridgehead atoms. The standard InChI is InChI=1S/C25H25N3O3/c1-17-23-20(27-28-22(29)15-18-9-4-2-5-10-18)13-8-14-21(23)31-24(17)25(30)26-16-19-11-6-3-7-12-19/h2-7,9-12H,8,13-16H2,1H3,(H,26,30)(H,28,29)/b27-20+. The maximum Gasteiger partial charge on any atom is 0.287 e. The third kappa shape index (κ3) is 4.91. The minimum Gasteiger partial charge on any atom is -0.455 e. The Morgan fingerprint density at radius 2 is 1.65 bits per heavy atom. The van der Waals surface area contributed by atoms with Crippen LogP contribution in [0.3, 0.4) is 0 Å². The second kappa shape index (κ2) is 9.43. The average Bonchev–Trinajstić information content (AvgIpc) is 3.14. The number of aryl methyl sites for hydroxylation is 1. The quantitative estimate of drug-likeness (QED) is 0.599. The molecule has 158 valence electrons. The zero-order chi connectivity index (χ0) is 21.6. The van der Waals surface area contributed by atoms with E-state index in [0.717, 1.165) is 53.0 Å². The van der Waals surface area contributed by atoms with Gasteiger partial charge in [-0.2, -0.15) is 5.10 Å². The third-order valence-electron chi connectivity index (χ3n) is 5.35. The summed E-state index contributed by atoms with van der Waals surface area (Å²) in [6.45, 7) is 2.30. The summed E-state index contributed by atoms with van der Waals surface area (Å²) < 4.78 is 5.91. The highest BCUT2D eigenvalue weighted by Gasteiger charge is 2.28. The molecule has 2 N–H and O–H groups in total. The van der Waals surface area contributed by atoms with Crippen LogP contribution in [-0.2, 0) is 24.2 Å². The van der Waals surface area contributed by atoms with Crippen molar-refractivity contribution >= 4 is 17.5 Å². The van der Waals surface area contributed by atoms with Crippen molar-refractivity contribution in [3.05, 3.63) is 94.4 Å². The van der Waals surface area contributed by atoms with Crippen molar-refractivity contribution in [3.8, 4) is 0 Å². The van der Waals surface area contributed by atoms with Crippen molar-refractivity contribution < 1.29 is 14.0 Å². The third-order valence-corrected chi connectivity index (χ3v) is 5.35. The molecule has 0 atom stereocenters. The first-order valence-electron chi connectivity index (χ1n) is 10.5. The van der Waals surface area contributed by atoms with Crippen LogP contribution in [0.5, 0.6) is 0 Å². The van der Waals surface area contributed by atoms with Gasteiger partial charge in [-0.05, 0) is 30.9 Å². The predicted molar refractivity (Wildman–Crippen MR) is 119 cm³/mol. The fraction of sp³-hybridized carbons (Fsp3) is 0.240. The van der Waals surface area contributed by atoms with Crippen LogP contribution in [0, 0.1) is 6.92 Å². The van der Waals surface area contributed by atoms with Gasteiger partial charge < -0.3 is 9.73 Å². The molecule has 3 aromatic rings. The van der Waals surface area contributed by atoms with E-state index >= 15 is 0 Å². The number of hydrogen-bond acceptors (Lipinski definition) is 4. The van der Waals surface area contributed by atoms with Gasteiger partial charge in [0.25, 0.3) is 5.91 Å². The van der Waals surface area contributed by atoms with Crippen molar-refractivity contribution in [3.63, 3.8) is 0 Å². The SMILES string of the molecule is Cc1c(C(=O)NCc2ccccc2)oc2c1/C(=N/NC(=O)Cc1ccccc1)CCC2. The van der Waals surface area contributed by atoms with Crippen molar-refractivity contribution in [2.45, 2.75) is 39.2 Å². The molecule has 1 aliphatic carbocycles. The van der Waals surface area contributed by atoms with E-state index in [4.69, 9.17) is 4.42 Å². The Kier molecular flexibility index (Phi) is 6.26. The smallest absolute Gasteiger partial charge is 0.287 e. The summed E-state index contributed by atoms with van der Waals surface area (Å²) in [6, 6.07) is 19.3. The van der Waals surface area contributed by atoms with Crippen LogP contribution in [0.15, 0.2) is 70.2 Å². The molecule has 1 heterocycles. The number of hydrazone groups is 1. The second-order valence-corrected chi connectivity index (χ2v) is 7.63. The summed E-state index contributed by atoms with van der Waals surface area (Å²) >= 11 is 0. The topological polar surface area (TPSA) is 83.7 Å². The van der Waals surface area contributed by atoms with E-state index in [0.29, 0.717) is 12.3 Å². The molecule has 31 heavy (non-hydrogen) atoms. The van der Waals surface area contributed by atoms with E-state index in [9.17, 15) is 9.59 Å². The van der Waals surface area contributed by atoms with Crippen LogP contribution in [0.2, 0.25) is 0 Å². The fourth-order valence-electron chi connectivity index (χ4n) is 3.81. The molecule has 0 saturated heterocycles. The number of nitrogens with one attached hydrogen (secondary N) is 2. The molecule has 0 unspecified atom stereocenters. The summed E-state index contributed by atoms with van der Waals surface area (Å²) in [5, 5.41) is 7.29. The molecule has 6 heteroatoms. The number of carbonyl (C=O) groups excluding carboxylic acids is 2. The number of hydrogen-bond donors (Lipinski definition) is 2. The van der Waals surface area contributed by atoms with Gasteiger partial charge in [-0.25, -0.2) is 5.43 Å². The van der Waals surface area contributed by atoms with Crippen molar-refractivity contribution in [2.75, 3.05) is 0 Å². The molecule has 2 aromatic carbocycles. The average molecular weight is 415 g/mol. The minimum absolute atomic E-state index is 0.173. The first-order valence-corrected chi connectivity index (χ1v) is 10.5. The predicted octanol–water partition coefficient (Wildman–Crippen LogP) is 3.92. The fourth-order valence-corrected chi connectivity index (χ4v) is 3.81. The Morgan fingerprint density at radius 3 is 2.35 bits per heavy atom. The number of fused-ring (bicyclic) bond motifs is 1. The maximum absolute atomic E-state index is 12.7. The van der Waals surface area contributed by atoms with E-state index in [1.807, 2.05) is 67.6 Å². The largest absolute Gasteiger partial charge is 0.455 e. The Morgan fingerprint density at radius 1 is 0.968 bits per heavy atom. The van der Waals surface area contributed by atoms with Crippen molar-refractivity contribution in [1.29, 1.82) is 0 Å². The first-order chi connectivity index (χ1) is 15.1. The molecule has 4 rings (SSSR count). The van der Waals surface area contributed by atoms with Gasteiger partial charge in [0.05, 0.1) is 12.1 Å². The number of rotatable bonds is 6. The molecule has 1 aromatic heterocycles. The molecule has 0 saturated carbocycles. The van der Waals surface area contributed by atoms with Crippen LogP contribution in [0.25, 0.3) is 0 Å². The van der Waals surface area contributed by atoms with Gasteiger partial charge in [0, 0.05) is 24.1 Å². The maximum atomic E-state index is 12.7. The van der Waals surface area contributed by atoms with Crippen LogP contribution < -0.4 is 10.7 Å². The van der Waals surface area contributed by atoms with Gasteiger partial charge in [0.15, 0.2) is 5.76 Å². The lowest BCUT2D eigenvalue weighted by Gasteiger charge is -2.13. The molecule has 2 amide bonds. The highest BCUT2D eigenvalue weighted by atomic mass is 16.4. The molecule has 0 radical (unpaired) electrons. The first kappa shape index (κ1) is 20.6. The van der Waals surface area contributed by atoms with Crippen LogP contribution in [0.4, 0.5) is 0 Å². The lowest BCUT2D eigenvalue weighted by Crippen LogP contribution is -2.24. The van der Waals surface area contributed by atoms with Gasteiger partial charge in [-0.1, -0.05) is 60.7 Å². The number of nitrogens with zero attached hydrogens (tertiary/aromatic N) is 1. The molecular formula is C25H25N3O3. The Bertz CT molecular complexity index is 1100. The number of carbonyl (C=O) groups is 2. The lowest BCUT2D eigenvalue weighted by molar-refractivity contribution is -0.120. The van der Waals surface area contributed by atoms with Crippen molar-refractivity contribution in [1.82, 2.24) is 10.7 Å². The molecule has 6 nitrogen and oxygen atoms in total. The Labute approximate surface area is 181 Å². The summed E-state index contributed by atoms with van der Waals surface area (Å²) in [5.41, 5.74) is 6.97. The lowest BCUT2D eigenvalue weighted by atomic mass is 9.93. The monoisotopic (exact) mass is 415 g/mol. The Balaban J connectivity index is 1.46. The summed E-state index contributed by atoms with van der Waals surface area (Å²) in [6.07, 6.45) is 2.60. The van der Waals surface area contributed by atoms with E-state index in [2.05, 4.69) is 15.8 Å². The highest BCUT2D eigenvalue weighted by Crippen LogP contribution is 2.29. The summed E-state index contributed by atoms with van der Waals surface area (Å²) in [4.78, 5) is 25.0. The molecule has 0 fully saturated rings. The number of furan rings is 1. The van der Waals surface area contributed by atoms with E-state index in [1.165, 1.54) is 0 Å². The second-order valence-electron chi connectivity index (χ2n) is 7.63. The van der Waals surface area contributed by atoms with Gasteiger partial charge >= 0.3 is 0 Å². The van der Waals surface area contributed by atoms with Crippen LogP contribution in [0.1, 0.15) is 51.4 Å². The van der Waals surface area contributed by atoms with E-state index < -0.39 is 0 Å². The van der Waals surface area contributed by atoms with Crippen LogP contribution >= 0.6 is 0 Å².